The number of aromatic nitrogens is 1. The van der Waals surface area contributed by atoms with Gasteiger partial charge in [-0.25, -0.2) is 0 Å². The predicted octanol–water partition coefficient (Wildman–Crippen LogP) is 3.57. The summed E-state index contributed by atoms with van der Waals surface area (Å²) in [6.45, 7) is 0. The molecule has 0 bridgehead atoms. The van der Waals surface area contributed by atoms with Crippen molar-refractivity contribution in [2.45, 2.75) is 6.18 Å². The van der Waals surface area contributed by atoms with E-state index < -0.39 is 11.7 Å². The van der Waals surface area contributed by atoms with Crippen LogP contribution in [0.25, 0.3) is 11.1 Å². The van der Waals surface area contributed by atoms with Crippen molar-refractivity contribution < 1.29 is 13.2 Å². The number of halogens is 3. The van der Waals surface area contributed by atoms with Gasteiger partial charge < -0.3 is 4.98 Å². The van der Waals surface area contributed by atoms with Gasteiger partial charge in [0.1, 0.15) is 6.07 Å². The average molecular weight is 236 g/mol. The van der Waals surface area contributed by atoms with Crippen molar-refractivity contribution in [3.8, 4) is 17.2 Å². The lowest BCUT2D eigenvalue weighted by Crippen LogP contribution is -2.04. The molecule has 2 nitrogen and oxygen atoms in total. The van der Waals surface area contributed by atoms with Gasteiger partial charge in [0, 0.05) is 18.0 Å². The molecule has 0 aliphatic heterocycles. The van der Waals surface area contributed by atoms with Gasteiger partial charge in [-0.15, -0.1) is 0 Å². The van der Waals surface area contributed by atoms with E-state index in [4.69, 9.17) is 5.26 Å². The molecule has 1 N–H and O–H groups in total. The molecule has 17 heavy (non-hydrogen) atoms. The van der Waals surface area contributed by atoms with Crippen LogP contribution in [-0.2, 0) is 6.18 Å². The highest BCUT2D eigenvalue weighted by Gasteiger charge is 2.30. The molecule has 2 aromatic rings. The maximum Gasteiger partial charge on any atom is 0.416 e. The minimum atomic E-state index is -4.38. The number of H-pyrrole nitrogens is 1. The Bertz CT molecular complexity index is 576. The highest BCUT2D eigenvalue weighted by atomic mass is 19.4. The van der Waals surface area contributed by atoms with Gasteiger partial charge in [0.2, 0.25) is 0 Å². The zero-order valence-corrected chi connectivity index (χ0v) is 8.55. The summed E-state index contributed by atoms with van der Waals surface area (Å²) in [7, 11) is 0. The Morgan fingerprint density at radius 3 is 2.59 bits per heavy atom. The Balaban J connectivity index is 2.52. The normalized spacial score (nSPS) is 11.2. The molecule has 1 heterocycles. The molecule has 1 aromatic heterocycles. The number of nitrogens with one attached hydrogen (secondary N) is 1. The first-order valence-electron chi connectivity index (χ1n) is 4.77. The summed E-state index contributed by atoms with van der Waals surface area (Å²) in [5, 5.41) is 8.81. The summed E-state index contributed by atoms with van der Waals surface area (Å²) < 4.78 is 37.6. The van der Waals surface area contributed by atoms with Crippen LogP contribution < -0.4 is 0 Å². The molecule has 0 amide bonds. The largest absolute Gasteiger partial charge is 0.416 e. The number of rotatable bonds is 1. The summed E-state index contributed by atoms with van der Waals surface area (Å²) in [6, 6.07) is 6.82. The fraction of sp³-hybridized carbons (Fsp3) is 0.0833. The van der Waals surface area contributed by atoms with E-state index in [1.54, 1.807) is 6.07 Å². The second kappa shape index (κ2) is 3.98. The van der Waals surface area contributed by atoms with Crippen molar-refractivity contribution in [1.29, 1.82) is 5.26 Å². The first-order valence-corrected chi connectivity index (χ1v) is 4.77. The van der Waals surface area contributed by atoms with Crippen molar-refractivity contribution in [3.63, 3.8) is 0 Å². The molecular weight excluding hydrogens is 229 g/mol. The summed E-state index contributed by atoms with van der Waals surface area (Å²) in [5.41, 5.74) is 0.445. The Kier molecular flexibility index (Phi) is 2.64. The van der Waals surface area contributed by atoms with Crippen LogP contribution >= 0.6 is 0 Å². The maximum atomic E-state index is 12.5. The third kappa shape index (κ3) is 2.16. The molecule has 5 heteroatoms. The van der Waals surface area contributed by atoms with Gasteiger partial charge in [0.25, 0.3) is 0 Å². The number of nitrogens with zero attached hydrogens (tertiary/aromatic N) is 1. The van der Waals surface area contributed by atoms with E-state index in [0.717, 1.165) is 12.1 Å². The quantitative estimate of drug-likeness (QED) is 0.807. The first kappa shape index (κ1) is 11.3. The molecule has 0 aliphatic carbocycles. The fourth-order valence-electron chi connectivity index (χ4n) is 1.56. The van der Waals surface area contributed by atoms with E-state index >= 15 is 0 Å². The molecule has 0 saturated carbocycles. The zero-order valence-electron chi connectivity index (χ0n) is 8.55. The van der Waals surface area contributed by atoms with Crippen molar-refractivity contribution >= 4 is 0 Å². The number of hydrogen-bond acceptors (Lipinski definition) is 1. The van der Waals surface area contributed by atoms with Crippen LogP contribution in [0.2, 0.25) is 0 Å². The lowest BCUT2D eigenvalue weighted by Gasteiger charge is -2.08. The first-order chi connectivity index (χ1) is 8.02. The summed E-state index contributed by atoms with van der Waals surface area (Å²) in [6.07, 6.45) is -1.41. The number of nitriles is 1. The van der Waals surface area contributed by atoms with Crippen LogP contribution in [0, 0.1) is 11.3 Å². The van der Waals surface area contributed by atoms with Crippen molar-refractivity contribution in [2.75, 3.05) is 0 Å². The van der Waals surface area contributed by atoms with E-state index in [-0.39, 0.29) is 0 Å². The van der Waals surface area contributed by atoms with Gasteiger partial charge in [-0.05, 0) is 17.7 Å². The van der Waals surface area contributed by atoms with Crippen molar-refractivity contribution in [2.24, 2.45) is 0 Å². The Labute approximate surface area is 95.3 Å². The fourth-order valence-corrected chi connectivity index (χ4v) is 1.56. The standard InChI is InChI=1S/C12H7F3N2/c13-12(14,15)10-3-1-2-8(4-10)11-7-17-6-9(11)5-16/h1-4,6-7,17H. The van der Waals surface area contributed by atoms with Crippen molar-refractivity contribution in [1.82, 2.24) is 4.98 Å². The van der Waals surface area contributed by atoms with E-state index in [9.17, 15) is 13.2 Å². The second-order valence-electron chi connectivity index (χ2n) is 3.47. The number of aromatic amines is 1. The minimum Gasteiger partial charge on any atom is -0.366 e. The smallest absolute Gasteiger partial charge is 0.366 e. The molecule has 0 fully saturated rings. The lowest BCUT2D eigenvalue weighted by atomic mass is 10.0. The van der Waals surface area contributed by atoms with Gasteiger partial charge in [-0.3, -0.25) is 0 Å². The van der Waals surface area contributed by atoms with E-state index in [2.05, 4.69) is 4.98 Å². The van der Waals surface area contributed by atoms with Crippen LogP contribution in [0.1, 0.15) is 11.1 Å². The van der Waals surface area contributed by atoms with E-state index in [0.29, 0.717) is 16.7 Å². The Morgan fingerprint density at radius 2 is 1.94 bits per heavy atom. The maximum absolute atomic E-state index is 12.5. The second-order valence-corrected chi connectivity index (χ2v) is 3.47. The molecule has 0 spiro atoms. The summed E-state index contributed by atoms with van der Waals surface area (Å²) >= 11 is 0. The zero-order chi connectivity index (χ0) is 12.5. The van der Waals surface area contributed by atoms with Gasteiger partial charge in [-0.1, -0.05) is 12.1 Å². The highest BCUT2D eigenvalue weighted by Crippen LogP contribution is 2.32. The highest BCUT2D eigenvalue weighted by molar-refractivity contribution is 5.70. The lowest BCUT2D eigenvalue weighted by molar-refractivity contribution is -0.137. The third-order valence-corrected chi connectivity index (χ3v) is 2.37. The average Bonchev–Trinajstić information content (AvgIpc) is 2.76. The molecule has 86 valence electrons. The van der Waals surface area contributed by atoms with E-state index in [1.807, 2.05) is 6.07 Å². The molecule has 0 aliphatic rings. The SMILES string of the molecule is N#Cc1c[nH]cc1-c1cccc(C(F)(F)F)c1. The van der Waals surface area contributed by atoms with Crippen LogP contribution in [0.5, 0.6) is 0 Å². The molecule has 0 saturated heterocycles. The third-order valence-electron chi connectivity index (χ3n) is 2.37. The van der Waals surface area contributed by atoms with E-state index in [1.165, 1.54) is 18.5 Å². The van der Waals surface area contributed by atoms with Gasteiger partial charge in [-0.2, -0.15) is 18.4 Å². The minimum absolute atomic E-state index is 0.323. The van der Waals surface area contributed by atoms with Crippen LogP contribution in [0.4, 0.5) is 13.2 Å². The monoisotopic (exact) mass is 236 g/mol. The van der Waals surface area contributed by atoms with Crippen LogP contribution in [0.15, 0.2) is 36.7 Å². The summed E-state index contributed by atoms with van der Waals surface area (Å²) in [4.78, 5) is 2.70. The van der Waals surface area contributed by atoms with Gasteiger partial charge in [0.05, 0.1) is 11.1 Å². The Morgan fingerprint density at radius 1 is 1.18 bits per heavy atom. The van der Waals surface area contributed by atoms with Crippen LogP contribution in [0.3, 0.4) is 0 Å². The number of alkyl halides is 3. The molecule has 0 unspecified atom stereocenters. The molecule has 1 aromatic carbocycles. The Hall–Kier alpha value is -2.22. The topological polar surface area (TPSA) is 39.6 Å². The summed E-state index contributed by atoms with van der Waals surface area (Å²) in [5.74, 6) is 0. The van der Waals surface area contributed by atoms with Gasteiger partial charge >= 0.3 is 6.18 Å². The molecule has 2 rings (SSSR count). The number of hydrogen-bond donors (Lipinski definition) is 1. The predicted molar refractivity (Wildman–Crippen MR) is 55.9 cm³/mol. The molecule has 0 radical (unpaired) electrons. The molecule has 0 atom stereocenters. The van der Waals surface area contributed by atoms with Crippen LogP contribution in [-0.4, -0.2) is 4.98 Å². The number of benzene rings is 1. The molecular formula is C12H7F3N2. The van der Waals surface area contributed by atoms with Gasteiger partial charge in [0.15, 0.2) is 0 Å². The van der Waals surface area contributed by atoms with Crippen molar-refractivity contribution in [3.05, 3.63) is 47.8 Å².